The summed E-state index contributed by atoms with van der Waals surface area (Å²) in [4.78, 5) is 0. The topological polar surface area (TPSA) is 74.6 Å². The van der Waals surface area contributed by atoms with Crippen molar-refractivity contribution >= 4 is 99.4 Å². The van der Waals surface area contributed by atoms with E-state index in [0.29, 0.717) is 0 Å². The Morgan fingerprint density at radius 2 is 1.00 bits per heavy atom. The molecule has 0 atom stereocenters. The third-order valence-electron chi connectivity index (χ3n) is 0. The Kier molecular flexibility index (Phi) is 27.3. The Hall–Kier alpha value is 2.74. The van der Waals surface area contributed by atoms with Gasteiger partial charge in [0.1, 0.15) is 0 Å². The maximum Gasteiger partial charge on any atom is 2.00 e. The van der Waals surface area contributed by atoms with Gasteiger partial charge in [-0.1, -0.05) is 0 Å². The molecule has 2 N–H and O–H groups in total. The van der Waals surface area contributed by atoms with Crippen molar-refractivity contribution in [3.8, 4) is 0 Å². The minimum atomic E-state index is -4.67. The molecule has 0 aromatic carbocycles. The fraction of sp³-hybridized carbons (Fsp3) is 0. The fourth-order valence-electron chi connectivity index (χ4n) is 0. The summed E-state index contributed by atoms with van der Waals surface area (Å²) >= 11 is 0. The summed E-state index contributed by atoms with van der Waals surface area (Å²) < 4.78 is 31.6. The molecule has 0 fully saturated rings. The van der Waals surface area contributed by atoms with Crippen molar-refractivity contribution < 1.29 is 17.5 Å². The largest absolute Gasteiger partial charge is 2.00 e. The maximum atomic E-state index is 8.74. The first-order valence-corrected chi connectivity index (χ1v) is 2.10. The van der Waals surface area contributed by atoms with Crippen LogP contribution in [0.25, 0.3) is 0 Å². The molecule has 0 rings (SSSR count). The van der Waals surface area contributed by atoms with Crippen LogP contribution >= 0.6 is 0 Å². The maximum absolute atomic E-state index is 8.74. The molecule has 0 spiro atoms. The van der Waals surface area contributed by atoms with Gasteiger partial charge in [0, 0.05) is 0 Å². The van der Waals surface area contributed by atoms with E-state index in [-0.39, 0.29) is 89.0 Å². The monoisotopic (exact) mass is 210 g/mol. The van der Waals surface area contributed by atoms with Crippen LogP contribution in [-0.4, -0.2) is 93.0 Å². The van der Waals surface area contributed by atoms with Crippen molar-refractivity contribution in [2.45, 2.75) is 0 Å². The average molecular weight is 210 g/mol. The first kappa shape index (κ1) is 22.4. The molecular weight excluding hydrogens is 208 g/mol. The fourth-order valence-corrected chi connectivity index (χ4v) is 0. The molecule has 4 nitrogen and oxygen atoms in total. The van der Waals surface area contributed by atoms with Crippen LogP contribution in [0.3, 0.4) is 0 Å². The van der Waals surface area contributed by atoms with Crippen LogP contribution in [0.2, 0.25) is 0 Å². The van der Waals surface area contributed by atoms with Crippen molar-refractivity contribution in [2.24, 2.45) is 0 Å². The summed E-state index contributed by atoms with van der Waals surface area (Å²) in [5.41, 5.74) is 0. The van der Waals surface area contributed by atoms with Gasteiger partial charge in [-0.3, -0.25) is 9.11 Å². The Balaban J connectivity index is -0.0000000267. The molecule has 0 bridgehead atoms. The van der Waals surface area contributed by atoms with Crippen molar-refractivity contribution in [3.63, 3.8) is 0 Å². The van der Waals surface area contributed by atoms with Crippen LogP contribution in [0, 0.1) is 0 Å². The molecule has 0 aliphatic carbocycles. The molecular formula is H2Ca2O4S2+2. The Morgan fingerprint density at radius 3 is 1.00 bits per heavy atom. The first-order valence-electron chi connectivity index (χ1n) is 0.698. The molecule has 0 heterocycles. The molecule has 0 saturated carbocycles. The van der Waals surface area contributed by atoms with E-state index < -0.39 is 10.4 Å². The number of hydrogen-bond donors (Lipinski definition) is 2. The third kappa shape index (κ3) is 69.8. The molecule has 0 aliphatic rings. The van der Waals surface area contributed by atoms with E-state index in [0.717, 1.165) is 0 Å². The second kappa shape index (κ2) is 9.74. The summed E-state index contributed by atoms with van der Waals surface area (Å²) in [7, 11) is -4.67. The zero-order chi connectivity index (χ0) is 4.50. The van der Waals surface area contributed by atoms with Gasteiger partial charge in [0.25, 0.3) is 0 Å². The second-order valence-electron chi connectivity index (χ2n) is 0.448. The van der Waals surface area contributed by atoms with Crippen LogP contribution in [0.4, 0.5) is 0 Å². The van der Waals surface area contributed by atoms with Crippen LogP contribution in [0.5, 0.6) is 0 Å². The molecule has 0 aromatic heterocycles. The molecule has 8 heavy (non-hydrogen) atoms. The quantitative estimate of drug-likeness (QED) is 0.380. The minimum Gasteiger partial charge on any atom is -2.00 e. The van der Waals surface area contributed by atoms with Gasteiger partial charge in [-0.2, -0.15) is 8.42 Å². The summed E-state index contributed by atoms with van der Waals surface area (Å²) in [5.74, 6) is 0. The molecule has 0 saturated heterocycles. The van der Waals surface area contributed by atoms with E-state index in [2.05, 4.69) is 0 Å². The van der Waals surface area contributed by atoms with Crippen molar-refractivity contribution in [3.05, 3.63) is 0 Å². The summed E-state index contributed by atoms with van der Waals surface area (Å²) in [6.45, 7) is 0. The van der Waals surface area contributed by atoms with Crippen LogP contribution < -0.4 is 0 Å². The van der Waals surface area contributed by atoms with Crippen molar-refractivity contribution in [2.75, 3.05) is 0 Å². The molecule has 40 valence electrons. The van der Waals surface area contributed by atoms with Gasteiger partial charge < -0.3 is 13.5 Å². The number of hydrogen-bond acceptors (Lipinski definition) is 2. The summed E-state index contributed by atoms with van der Waals surface area (Å²) in [5, 5.41) is 0. The van der Waals surface area contributed by atoms with Gasteiger partial charge >= 0.3 is 85.9 Å². The standard InChI is InChI=1S/2Ca.H2O4S.S/c;;1-5(2,3)4;/h;;(H2,1,2,3,4);/q2*+2;;-2. The van der Waals surface area contributed by atoms with Crippen LogP contribution in [-0.2, 0) is 23.9 Å². The predicted octanol–water partition coefficient (Wildman–Crippen LogP) is -1.42. The van der Waals surface area contributed by atoms with E-state index in [1.807, 2.05) is 0 Å². The van der Waals surface area contributed by atoms with E-state index in [1.165, 1.54) is 0 Å². The zero-order valence-electron chi connectivity index (χ0n) is 3.94. The summed E-state index contributed by atoms with van der Waals surface area (Å²) in [6, 6.07) is 0. The van der Waals surface area contributed by atoms with Gasteiger partial charge in [-0.15, -0.1) is 0 Å². The van der Waals surface area contributed by atoms with Gasteiger partial charge in [0.05, 0.1) is 0 Å². The van der Waals surface area contributed by atoms with Gasteiger partial charge in [0.2, 0.25) is 0 Å². The summed E-state index contributed by atoms with van der Waals surface area (Å²) in [6.07, 6.45) is 0. The average Bonchev–Trinajstić information content (AvgIpc) is 0.722. The first-order chi connectivity index (χ1) is 2.00. The van der Waals surface area contributed by atoms with Crippen LogP contribution in [0.15, 0.2) is 0 Å². The van der Waals surface area contributed by atoms with E-state index in [1.54, 1.807) is 0 Å². The SMILES string of the molecule is O=S(=O)(O)O.[Ca+2].[Ca+2].[S-2]. The van der Waals surface area contributed by atoms with E-state index in [9.17, 15) is 0 Å². The molecule has 0 aliphatic heterocycles. The van der Waals surface area contributed by atoms with Crippen molar-refractivity contribution in [1.29, 1.82) is 0 Å². The van der Waals surface area contributed by atoms with Crippen LogP contribution in [0.1, 0.15) is 0 Å². The molecule has 0 amide bonds. The van der Waals surface area contributed by atoms with Gasteiger partial charge in [-0.25, -0.2) is 0 Å². The smallest absolute Gasteiger partial charge is 2.00 e. The molecule has 0 unspecified atom stereocenters. The second-order valence-corrected chi connectivity index (χ2v) is 1.34. The van der Waals surface area contributed by atoms with Gasteiger partial charge in [-0.05, 0) is 0 Å². The third-order valence-corrected chi connectivity index (χ3v) is 0. The normalized spacial score (nSPS) is 7.25. The zero-order valence-corrected chi connectivity index (χ0v) is 9.99. The van der Waals surface area contributed by atoms with E-state index in [4.69, 9.17) is 17.5 Å². The number of rotatable bonds is 0. The Morgan fingerprint density at radius 1 is 1.00 bits per heavy atom. The molecule has 0 radical (unpaired) electrons. The Bertz CT molecular complexity index is 95.2. The minimum absolute atomic E-state index is 0. The van der Waals surface area contributed by atoms with E-state index >= 15 is 0 Å². The molecule has 8 heteroatoms. The Labute approximate surface area is 114 Å². The van der Waals surface area contributed by atoms with Gasteiger partial charge in [0.15, 0.2) is 0 Å². The predicted molar refractivity (Wildman–Crippen MR) is 33.1 cm³/mol. The molecule has 0 aromatic rings. The van der Waals surface area contributed by atoms with Crippen molar-refractivity contribution in [1.82, 2.24) is 0 Å².